The molecule has 0 saturated heterocycles. The molecule has 160 valence electrons. The second-order valence-corrected chi connectivity index (χ2v) is 9.25. The van der Waals surface area contributed by atoms with E-state index in [1.54, 1.807) is 12.1 Å². The summed E-state index contributed by atoms with van der Waals surface area (Å²) in [4.78, 5) is 23.5. The van der Waals surface area contributed by atoms with Gasteiger partial charge in [0.05, 0.1) is 0 Å². The van der Waals surface area contributed by atoms with Gasteiger partial charge in [-0.15, -0.1) is 0 Å². The maximum atomic E-state index is 12.3. The molecule has 2 aromatic rings. The van der Waals surface area contributed by atoms with Gasteiger partial charge in [-0.2, -0.15) is 0 Å². The molecule has 0 radical (unpaired) electrons. The van der Waals surface area contributed by atoms with Gasteiger partial charge in [0.15, 0.2) is 0 Å². The topological polar surface area (TPSA) is 90.6 Å². The van der Waals surface area contributed by atoms with E-state index in [1.807, 2.05) is 42.5 Å². The summed E-state index contributed by atoms with van der Waals surface area (Å²) in [7, 11) is 0. The molecule has 0 bridgehead atoms. The third-order valence-electron chi connectivity index (χ3n) is 5.52. The van der Waals surface area contributed by atoms with Crippen molar-refractivity contribution in [3.63, 3.8) is 0 Å². The zero-order valence-electron chi connectivity index (χ0n) is 17.8. The molecule has 0 aromatic heterocycles. The molecule has 2 atom stereocenters. The third kappa shape index (κ3) is 5.99. The van der Waals surface area contributed by atoms with Crippen LogP contribution in [0.25, 0.3) is 11.1 Å². The number of hydrogen-bond acceptors (Lipinski definition) is 4. The zero-order valence-corrected chi connectivity index (χ0v) is 17.8. The molecule has 0 heterocycles. The summed E-state index contributed by atoms with van der Waals surface area (Å²) in [5.41, 5.74) is 7.12. The lowest BCUT2D eigenvalue weighted by molar-refractivity contribution is -0.0163. The molecule has 1 saturated carbocycles. The first kappa shape index (κ1) is 21.7. The van der Waals surface area contributed by atoms with Crippen LogP contribution >= 0.6 is 0 Å². The normalized spacial score (nSPS) is 22.7. The van der Waals surface area contributed by atoms with Crippen LogP contribution in [0.1, 0.15) is 40.0 Å². The van der Waals surface area contributed by atoms with E-state index >= 15 is 0 Å². The molecule has 1 aliphatic rings. The van der Waals surface area contributed by atoms with Crippen LogP contribution in [0.15, 0.2) is 54.6 Å². The quantitative estimate of drug-likeness (QED) is 0.715. The number of nitrogens with one attached hydrogen (secondary N) is 1. The molecule has 3 N–H and O–H groups in total. The molecular formula is C24H30N2O4. The van der Waals surface area contributed by atoms with Gasteiger partial charge in [-0.3, -0.25) is 0 Å². The Kier molecular flexibility index (Phi) is 6.34. The number of ether oxygens (including phenoxy) is 2. The first-order valence-corrected chi connectivity index (χ1v) is 10.2. The maximum Gasteiger partial charge on any atom is 0.412 e. The molecule has 3 rings (SSSR count). The largest absolute Gasteiger partial charge is 0.446 e. The number of amides is 2. The molecule has 1 fully saturated rings. The first-order valence-electron chi connectivity index (χ1n) is 10.2. The number of hydrogen-bond donors (Lipinski definition) is 2. The van der Waals surface area contributed by atoms with Gasteiger partial charge in [0.1, 0.15) is 11.9 Å². The zero-order chi connectivity index (χ0) is 21.8. The Balaban J connectivity index is 1.56. The molecule has 6 nitrogen and oxygen atoms in total. The monoisotopic (exact) mass is 410 g/mol. The van der Waals surface area contributed by atoms with Crippen molar-refractivity contribution in [2.45, 2.75) is 46.1 Å². The number of rotatable bonds is 5. The highest BCUT2D eigenvalue weighted by atomic mass is 16.6. The second-order valence-electron chi connectivity index (χ2n) is 9.25. The van der Waals surface area contributed by atoms with Crippen molar-refractivity contribution in [1.29, 1.82) is 0 Å². The van der Waals surface area contributed by atoms with Crippen molar-refractivity contribution in [1.82, 2.24) is 5.32 Å². The van der Waals surface area contributed by atoms with Crippen molar-refractivity contribution < 1.29 is 19.1 Å². The minimum absolute atomic E-state index is 0.0219. The molecular weight excluding hydrogens is 380 g/mol. The van der Waals surface area contributed by atoms with Gasteiger partial charge in [-0.1, -0.05) is 63.2 Å². The summed E-state index contributed by atoms with van der Waals surface area (Å²) in [6, 6.07) is 17.4. The molecule has 30 heavy (non-hydrogen) atoms. The van der Waals surface area contributed by atoms with E-state index in [0.717, 1.165) is 24.0 Å². The van der Waals surface area contributed by atoms with E-state index in [9.17, 15) is 9.59 Å². The van der Waals surface area contributed by atoms with E-state index in [0.29, 0.717) is 18.7 Å². The molecule has 2 aromatic carbocycles. The van der Waals surface area contributed by atoms with E-state index in [1.165, 1.54) is 0 Å². The van der Waals surface area contributed by atoms with E-state index in [4.69, 9.17) is 15.2 Å². The smallest absolute Gasteiger partial charge is 0.412 e. The Labute approximate surface area is 177 Å². The number of carbonyl (C=O) groups excluding carboxylic acids is 2. The molecule has 6 heteroatoms. The Morgan fingerprint density at radius 3 is 2.27 bits per heavy atom. The number of primary amides is 1. The van der Waals surface area contributed by atoms with Crippen LogP contribution < -0.4 is 15.8 Å². The van der Waals surface area contributed by atoms with Gasteiger partial charge >= 0.3 is 12.2 Å². The Bertz CT molecular complexity index is 880. The predicted molar refractivity (Wildman–Crippen MR) is 116 cm³/mol. The lowest BCUT2D eigenvalue weighted by atomic mass is 9.63. The lowest BCUT2D eigenvalue weighted by Gasteiger charge is -2.45. The lowest BCUT2D eigenvalue weighted by Crippen LogP contribution is -2.47. The average molecular weight is 411 g/mol. The summed E-state index contributed by atoms with van der Waals surface area (Å²) in [5.74, 6) is 0.483. The Morgan fingerprint density at radius 2 is 1.63 bits per heavy atom. The third-order valence-corrected chi connectivity index (χ3v) is 5.52. The second kappa shape index (κ2) is 8.78. The molecule has 0 aliphatic heterocycles. The summed E-state index contributed by atoms with van der Waals surface area (Å²) >= 11 is 0. The number of benzene rings is 2. The highest BCUT2D eigenvalue weighted by Crippen LogP contribution is 2.46. The van der Waals surface area contributed by atoms with Crippen LogP contribution in [-0.4, -0.2) is 24.8 Å². The summed E-state index contributed by atoms with van der Waals surface area (Å²) in [6.45, 7) is 6.78. The summed E-state index contributed by atoms with van der Waals surface area (Å²) < 4.78 is 10.7. The van der Waals surface area contributed by atoms with Crippen LogP contribution in [-0.2, 0) is 4.74 Å². The van der Waals surface area contributed by atoms with E-state index in [2.05, 4.69) is 26.1 Å². The fourth-order valence-electron chi connectivity index (χ4n) is 4.69. The Morgan fingerprint density at radius 1 is 1.00 bits per heavy atom. The Hall–Kier alpha value is -3.02. The SMILES string of the molecule is CC1(C)CC(OC(N)=O)CC(C)(CNC(=O)Oc2ccc(-c3ccccc3)cc2)C1. The molecule has 1 aliphatic carbocycles. The number of nitrogens with two attached hydrogens (primary N) is 1. The summed E-state index contributed by atoms with van der Waals surface area (Å²) in [6.07, 6.45) is 0.783. The van der Waals surface area contributed by atoms with Gasteiger partial charge in [0, 0.05) is 6.54 Å². The van der Waals surface area contributed by atoms with Crippen molar-refractivity contribution in [2.24, 2.45) is 16.6 Å². The molecule has 2 unspecified atom stereocenters. The minimum atomic E-state index is -0.758. The first-order chi connectivity index (χ1) is 14.1. The van der Waals surface area contributed by atoms with E-state index < -0.39 is 12.2 Å². The van der Waals surface area contributed by atoms with E-state index in [-0.39, 0.29) is 16.9 Å². The standard InChI is InChI=1S/C24H30N2O4/c1-23(2)13-20(29-21(25)27)14-24(3,15-23)16-26-22(28)30-19-11-9-18(10-12-19)17-7-5-4-6-8-17/h4-12,20H,13-16H2,1-3H3,(H2,25,27)(H,26,28). The molecule has 0 spiro atoms. The average Bonchev–Trinajstić information content (AvgIpc) is 2.66. The van der Waals surface area contributed by atoms with Crippen LogP contribution in [0.4, 0.5) is 9.59 Å². The van der Waals surface area contributed by atoms with Crippen LogP contribution in [0.5, 0.6) is 5.75 Å². The van der Waals surface area contributed by atoms with Gasteiger partial charge in [0.2, 0.25) is 0 Å². The fraction of sp³-hybridized carbons (Fsp3) is 0.417. The van der Waals surface area contributed by atoms with Crippen LogP contribution in [0.3, 0.4) is 0 Å². The maximum absolute atomic E-state index is 12.3. The van der Waals surface area contributed by atoms with Gasteiger partial charge in [-0.05, 0) is 53.4 Å². The van der Waals surface area contributed by atoms with Crippen molar-refractivity contribution in [2.75, 3.05) is 6.54 Å². The fourth-order valence-corrected chi connectivity index (χ4v) is 4.69. The van der Waals surface area contributed by atoms with Crippen molar-refractivity contribution in [3.8, 4) is 16.9 Å². The highest BCUT2D eigenvalue weighted by molar-refractivity contribution is 5.71. The molecule has 2 amide bonds. The van der Waals surface area contributed by atoms with Gasteiger partial charge in [0.25, 0.3) is 0 Å². The number of carbonyl (C=O) groups is 2. The van der Waals surface area contributed by atoms with Gasteiger partial charge in [-0.25, -0.2) is 9.59 Å². The van der Waals surface area contributed by atoms with Crippen LogP contribution in [0.2, 0.25) is 0 Å². The predicted octanol–water partition coefficient (Wildman–Crippen LogP) is 5.12. The minimum Gasteiger partial charge on any atom is -0.446 e. The van der Waals surface area contributed by atoms with Crippen LogP contribution in [0, 0.1) is 10.8 Å². The van der Waals surface area contributed by atoms with Crippen molar-refractivity contribution in [3.05, 3.63) is 54.6 Å². The van der Waals surface area contributed by atoms with Crippen molar-refractivity contribution >= 4 is 12.2 Å². The summed E-state index contributed by atoms with van der Waals surface area (Å²) in [5, 5.41) is 2.87. The van der Waals surface area contributed by atoms with Gasteiger partial charge < -0.3 is 20.5 Å². The highest BCUT2D eigenvalue weighted by Gasteiger charge is 2.42.